The molecule has 1 N–H and O–H groups in total. The van der Waals surface area contributed by atoms with Crippen LogP contribution in [0.3, 0.4) is 0 Å². The first-order valence-corrected chi connectivity index (χ1v) is 10.7. The minimum absolute atomic E-state index is 0.118. The molecule has 1 heterocycles. The Morgan fingerprint density at radius 3 is 2.39 bits per heavy atom. The molecule has 6 nitrogen and oxygen atoms in total. The van der Waals surface area contributed by atoms with Crippen molar-refractivity contribution in [3.8, 4) is 11.3 Å². The molecule has 0 unspecified atom stereocenters. The van der Waals surface area contributed by atoms with Crippen molar-refractivity contribution in [2.75, 3.05) is 18.4 Å². The van der Waals surface area contributed by atoms with E-state index in [0.717, 1.165) is 5.56 Å². The van der Waals surface area contributed by atoms with Gasteiger partial charge in [0.2, 0.25) is 11.8 Å². The third-order valence-electron chi connectivity index (χ3n) is 4.54. The molecule has 0 bridgehead atoms. The highest BCUT2D eigenvalue weighted by Gasteiger charge is 2.18. The zero-order chi connectivity index (χ0) is 22.4. The largest absolute Gasteiger partial charge is 0.441 e. The highest BCUT2D eigenvalue weighted by Crippen LogP contribution is 2.30. The Morgan fingerprint density at radius 1 is 1.03 bits per heavy atom. The lowest BCUT2D eigenvalue weighted by Gasteiger charge is -2.20. The van der Waals surface area contributed by atoms with Gasteiger partial charge in [0.1, 0.15) is 0 Å². The molecule has 0 aliphatic carbocycles. The highest BCUT2D eigenvalue weighted by molar-refractivity contribution is 6.39. The zero-order valence-corrected chi connectivity index (χ0v) is 19.0. The van der Waals surface area contributed by atoms with E-state index in [-0.39, 0.29) is 24.8 Å². The fourth-order valence-corrected chi connectivity index (χ4v) is 3.65. The molecule has 0 saturated heterocycles. The average Bonchev–Trinajstić information content (AvgIpc) is 3.22. The second kappa shape index (κ2) is 10.7. The number of aryl methyl sites for hydroxylation is 1. The van der Waals surface area contributed by atoms with Crippen LogP contribution in [0.2, 0.25) is 15.1 Å². The van der Waals surface area contributed by atoms with Gasteiger partial charge in [-0.05, 0) is 31.2 Å². The Morgan fingerprint density at radius 2 is 1.71 bits per heavy atom. The van der Waals surface area contributed by atoms with Crippen molar-refractivity contribution < 1.29 is 14.0 Å². The third-order valence-corrected chi connectivity index (χ3v) is 5.50. The number of benzene rings is 2. The number of carbonyl (C=O) groups is 2. The molecular weight excluding hydrogens is 461 g/mol. The fourth-order valence-electron chi connectivity index (χ4n) is 2.93. The summed E-state index contributed by atoms with van der Waals surface area (Å²) < 4.78 is 5.73. The molecule has 0 fully saturated rings. The van der Waals surface area contributed by atoms with Crippen molar-refractivity contribution in [2.45, 2.75) is 19.8 Å². The summed E-state index contributed by atoms with van der Waals surface area (Å²) in [4.78, 5) is 30.7. The van der Waals surface area contributed by atoms with Gasteiger partial charge in [-0.2, -0.15) is 0 Å². The molecule has 0 atom stereocenters. The van der Waals surface area contributed by atoms with E-state index in [1.165, 1.54) is 4.90 Å². The number of rotatable bonds is 8. The molecule has 3 rings (SSSR count). The van der Waals surface area contributed by atoms with Crippen molar-refractivity contribution >= 4 is 52.3 Å². The van der Waals surface area contributed by atoms with Gasteiger partial charge in [-0.25, -0.2) is 4.98 Å². The van der Waals surface area contributed by atoms with Gasteiger partial charge in [0, 0.05) is 24.9 Å². The van der Waals surface area contributed by atoms with E-state index in [2.05, 4.69) is 10.3 Å². The SMILES string of the molecule is CCN(CC(=O)Nc1c(Cl)cccc1Cl)C(=O)CCc1ncc(-c2ccccc2Cl)o1. The van der Waals surface area contributed by atoms with Crippen LogP contribution in [0, 0.1) is 0 Å². The van der Waals surface area contributed by atoms with Crippen LogP contribution >= 0.6 is 34.8 Å². The minimum atomic E-state index is -0.387. The van der Waals surface area contributed by atoms with E-state index in [9.17, 15) is 9.59 Å². The number of carbonyl (C=O) groups excluding carboxylic acids is 2. The number of nitrogens with one attached hydrogen (secondary N) is 1. The molecule has 9 heteroatoms. The van der Waals surface area contributed by atoms with E-state index >= 15 is 0 Å². The Labute approximate surface area is 195 Å². The zero-order valence-electron chi connectivity index (χ0n) is 16.7. The van der Waals surface area contributed by atoms with E-state index in [1.807, 2.05) is 18.2 Å². The van der Waals surface area contributed by atoms with Crippen LogP contribution in [-0.4, -0.2) is 34.8 Å². The van der Waals surface area contributed by atoms with Crippen LogP contribution in [0.5, 0.6) is 0 Å². The van der Waals surface area contributed by atoms with Crippen molar-refractivity contribution in [3.05, 3.63) is 69.6 Å². The predicted octanol–water partition coefficient (Wildman–Crippen LogP) is 5.72. The smallest absolute Gasteiger partial charge is 0.244 e. The number of hydrogen-bond acceptors (Lipinski definition) is 4. The van der Waals surface area contributed by atoms with Gasteiger partial charge in [0.15, 0.2) is 11.7 Å². The molecule has 31 heavy (non-hydrogen) atoms. The molecule has 0 spiro atoms. The minimum Gasteiger partial charge on any atom is -0.441 e. The highest BCUT2D eigenvalue weighted by atomic mass is 35.5. The summed E-state index contributed by atoms with van der Waals surface area (Å²) in [6, 6.07) is 12.2. The van der Waals surface area contributed by atoms with Crippen LogP contribution < -0.4 is 5.32 Å². The molecule has 2 amide bonds. The Balaban J connectivity index is 1.57. The first kappa shape index (κ1) is 23.1. The van der Waals surface area contributed by atoms with E-state index in [4.69, 9.17) is 39.2 Å². The molecule has 0 aliphatic rings. The molecule has 162 valence electrons. The summed E-state index contributed by atoms with van der Waals surface area (Å²) >= 11 is 18.3. The summed E-state index contributed by atoms with van der Waals surface area (Å²) in [5.41, 5.74) is 1.06. The lowest BCUT2D eigenvalue weighted by atomic mass is 10.2. The maximum atomic E-state index is 12.6. The lowest BCUT2D eigenvalue weighted by Crippen LogP contribution is -2.38. The van der Waals surface area contributed by atoms with Crippen molar-refractivity contribution in [2.24, 2.45) is 0 Å². The number of likely N-dealkylation sites (N-methyl/N-ethyl adjacent to an activating group) is 1. The van der Waals surface area contributed by atoms with Crippen LogP contribution in [0.4, 0.5) is 5.69 Å². The molecule has 3 aromatic rings. The monoisotopic (exact) mass is 479 g/mol. The number of oxazole rings is 1. The van der Waals surface area contributed by atoms with Crippen LogP contribution in [-0.2, 0) is 16.0 Å². The summed E-state index contributed by atoms with van der Waals surface area (Å²) in [5.74, 6) is 0.380. The second-order valence-electron chi connectivity index (χ2n) is 6.65. The van der Waals surface area contributed by atoms with Gasteiger partial charge in [0.05, 0.1) is 33.5 Å². The number of aromatic nitrogens is 1. The standard InChI is InChI=1S/C22H20Cl3N3O3/c1-2-28(13-19(29)27-22-16(24)8-5-9-17(22)25)21(30)11-10-20-26-12-18(31-20)14-6-3-4-7-15(14)23/h3-9,12H,2,10-11,13H2,1H3,(H,27,29). The van der Waals surface area contributed by atoms with E-state index in [1.54, 1.807) is 37.4 Å². The number of nitrogens with zero attached hydrogens (tertiary/aromatic N) is 2. The van der Waals surface area contributed by atoms with Crippen LogP contribution in [0.1, 0.15) is 19.2 Å². The Bertz CT molecular complexity index is 1060. The maximum Gasteiger partial charge on any atom is 0.244 e. The predicted molar refractivity (Wildman–Crippen MR) is 123 cm³/mol. The topological polar surface area (TPSA) is 75.4 Å². The van der Waals surface area contributed by atoms with Gasteiger partial charge in [0.25, 0.3) is 0 Å². The van der Waals surface area contributed by atoms with Crippen molar-refractivity contribution in [1.29, 1.82) is 0 Å². The molecule has 1 aromatic heterocycles. The average molecular weight is 481 g/mol. The normalized spacial score (nSPS) is 10.7. The number of para-hydroxylation sites is 1. The first-order valence-electron chi connectivity index (χ1n) is 9.60. The van der Waals surface area contributed by atoms with Gasteiger partial charge in [-0.15, -0.1) is 0 Å². The first-order chi connectivity index (χ1) is 14.9. The number of halogens is 3. The molecular formula is C22H20Cl3N3O3. The summed E-state index contributed by atoms with van der Waals surface area (Å²) in [5, 5.41) is 3.87. The van der Waals surface area contributed by atoms with Gasteiger partial charge < -0.3 is 14.6 Å². The van der Waals surface area contributed by atoms with E-state index < -0.39 is 0 Å². The molecule has 0 aliphatic heterocycles. The number of anilines is 1. The van der Waals surface area contributed by atoms with Crippen LogP contribution in [0.15, 0.2) is 53.1 Å². The lowest BCUT2D eigenvalue weighted by molar-refractivity contribution is -0.134. The molecule has 2 aromatic carbocycles. The maximum absolute atomic E-state index is 12.6. The Kier molecular flexibility index (Phi) is 7.96. The quantitative estimate of drug-likeness (QED) is 0.447. The number of hydrogen-bond donors (Lipinski definition) is 1. The fraction of sp³-hybridized carbons (Fsp3) is 0.227. The summed E-state index contributed by atoms with van der Waals surface area (Å²) in [6.07, 6.45) is 2.04. The summed E-state index contributed by atoms with van der Waals surface area (Å²) in [7, 11) is 0. The summed E-state index contributed by atoms with van der Waals surface area (Å²) in [6.45, 7) is 2.06. The number of amides is 2. The molecule has 0 saturated carbocycles. The Hall–Kier alpha value is -2.54. The second-order valence-corrected chi connectivity index (χ2v) is 7.87. The third kappa shape index (κ3) is 6.00. The van der Waals surface area contributed by atoms with Crippen molar-refractivity contribution in [1.82, 2.24) is 9.88 Å². The molecule has 0 radical (unpaired) electrons. The van der Waals surface area contributed by atoms with Crippen molar-refractivity contribution in [3.63, 3.8) is 0 Å². The van der Waals surface area contributed by atoms with Gasteiger partial charge >= 0.3 is 0 Å². The van der Waals surface area contributed by atoms with E-state index in [0.29, 0.717) is 45.4 Å². The van der Waals surface area contributed by atoms with Gasteiger partial charge in [-0.3, -0.25) is 9.59 Å². The van der Waals surface area contributed by atoms with Gasteiger partial charge in [-0.1, -0.05) is 53.0 Å². The van der Waals surface area contributed by atoms with Crippen LogP contribution in [0.25, 0.3) is 11.3 Å².